The zero-order valence-electron chi connectivity index (χ0n) is 16.7. The van der Waals surface area contributed by atoms with Crippen LogP contribution in [0.2, 0.25) is 0 Å². The molecule has 2 aromatic rings. The minimum absolute atomic E-state index is 0.245. The standard InChI is InChI=1S/C21H30N2O3S/c1-5-23(6-2)13-14-26-20-11-9-19(10-12-20)16-22-27(24,25)21-15-17(3)7-8-18(21)4/h7-12,15,22H,5-6,13-14,16H2,1-4H3. The average Bonchev–Trinajstić information content (AvgIpc) is 2.66. The fourth-order valence-electron chi connectivity index (χ4n) is 2.79. The van der Waals surface area contributed by atoms with E-state index in [1.165, 1.54) is 0 Å². The predicted octanol–water partition coefficient (Wildman–Crippen LogP) is 3.50. The molecule has 0 atom stereocenters. The van der Waals surface area contributed by atoms with Gasteiger partial charge in [-0.2, -0.15) is 0 Å². The van der Waals surface area contributed by atoms with Gasteiger partial charge in [-0.25, -0.2) is 13.1 Å². The number of rotatable bonds is 10. The molecule has 27 heavy (non-hydrogen) atoms. The van der Waals surface area contributed by atoms with Gasteiger partial charge >= 0.3 is 0 Å². The summed E-state index contributed by atoms with van der Waals surface area (Å²) in [4.78, 5) is 2.63. The monoisotopic (exact) mass is 390 g/mol. The molecule has 0 saturated carbocycles. The highest BCUT2D eigenvalue weighted by molar-refractivity contribution is 7.89. The van der Waals surface area contributed by atoms with Crippen LogP contribution < -0.4 is 9.46 Å². The Balaban J connectivity index is 1.92. The molecule has 6 heteroatoms. The lowest BCUT2D eigenvalue weighted by Crippen LogP contribution is -2.27. The van der Waals surface area contributed by atoms with Gasteiger partial charge in [0, 0.05) is 13.1 Å². The molecule has 5 nitrogen and oxygen atoms in total. The highest BCUT2D eigenvalue weighted by Crippen LogP contribution is 2.18. The molecule has 0 heterocycles. The van der Waals surface area contributed by atoms with Crippen LogP contribution in [-0.4, -0.2) is 39.6 Å². The summed E-state index contributed by atoms with van der Waals surface area (Å²) in [7, 11) is -3.54. The van der Waals surface area contributed by atoms with Crippen molar-refractivity contribution in [1.29, 1.82) is 0 Å². The maximum atomic E-state index is 12.6. The van der Waals surface area contributed by atoms with Crippen molar-refractivity contribution in [3.05, 3.63) is 59.2 Å². The third-order valence-corrected chi connectivity index (χ3v) is 6.14. The van der Waals surface area contributed by atoms with Gasteiger partial charge in [-0.05, 0) is 61.8 Å². The summed E-state index contributed by atoms with van der Waals surface area (Å²) in [6.45, 7) is 11.8. The average molecular weight is 391 g/mol. The first-order chi connectivity index (χ1) is 12.9. The molecular formula is C21H30N2O3S. The lowest BCUT2D eigenvalue weighted by Gasteiger charge is -2.18. The van der Waals surface area contributed by atoms with Crippen molar-refractivity contribution in [2.24, 2.45) is 0 Å². The molecule has 2 rings (SSSR count). The Morgan fingerprint density at radius 2 is 1.67 bits per heavy atom. The first-order valence-electron chi connectivity index (χ1n) is 9.36. The van der Waals surface area contributed by atoms with Crippen LogP contribution in [0.25, 0.3) is 0 Å². The van der Waals surface area contributed by atoms with Crippen molar-refractivity contribution in [3.63, 3.8) is 0 Å². The van der Waals surface area contributed by atoms with E-state index in [1.54, 1.807) is 13.0 Å². The Kier molecular flexibility index (Phi) is 7.83. The second-order valence-corrected chi connectivity index (χ2v) is 8.35. The Morgan fingerprint density at radius 1 is 1.00 bits per heavy atom. The molecule has 0 aliphatic carbocycles. The molecular weight excluding hydrogens is 360 g/mol. The van der Waals surface area contributed by atoms with Crippen LogP contribution in [0, 0.1) is 13.8 Å². The third-order valence-electron chi connectivity index (χ3n) is 4.59. The van der Waals surface area contributed by atoms with Gasteiger partial charge in [0.2, 0.25) is 10.0 Å². The molecule has 0 aromatic heterocycles. The van der Waals surface area contributed by atoms with Crippen LogP contribution in [0.4, 0.5) is 0 Å². The topological polar surface area (TPSA) is 58.6 Å². The highest BCUT2D eigenvalue weighted by Gasteiger charge is 2.16. The number of hydrogen-bond acceptors (Lipinski definition) is 4. The second-order valence-electron chi connectivity index (χ2n) is 6.61. The first kappa shape index (κ1) is 21.4. The van der Waals surface area contributed by atoms with Gasteiger partial charge in [0.1, 0.15) is 12.4 Å². The Labute approximate surface area is 163 Å². The van der Waals surface area contributed by atoms with Crippen molar-refractivity contribution in [2.75, 3.05) is 26.2 Å². The Bertz CT molecular complexity index is 829. The van der Waals surface area contributed by atoms with E-state index in [0.29, 0.717) is 11.5 Å². The minimum Gasteiger partial charge on any atom is -0.492 e. The summed E-state index contributed by atoms with van der Waals surface area (Å²) < 4.78 is 33.6. The van der Waals surface area contributed by atoms with Gasteiger partial charge in [-0.15, -0.1) is 0 Å². The number of benzene rings is 2. The van der Waals surface area contributed by atoms with Crippen molar-refractivity contribution in [2.45, 2.75) is 39.1 Å². The van der Waals surface area contributed by atoms with E-state index < -0.39 is 10.0 Å². The fraction of sp³-hybridized carbons (Fsp3) is 0.429. The molecule has 0 amide bonds. The van der Waals surface area contributed by atoms with Crippen LogP contribution in [0.5, 0.6) is 5.75 Å². The van der Waals surface area contributed by atoms with E-state index in [-0.39, 0.29) is 6.54 Å². The molecule has 2 aromatic carbocycles. The zero-order chi connectivity index (χ0) is 19.9. The van der Waals surface area contributed by atoms with E-state index in [1.807, 2.05) is 43.3 Å². The second kappa shape index (κ2) is 9.88. The van der Waals surface area contributed by atoms with Gasteiger partial charge in [-0.3, -0.25) is 0 Å². The van der Waals surface area contributed by atoms with Crippen molar-refractivity contribution in [3.8, 4) is 5.75 Å². The number of sulfonamides is 1. The normalized spacial score (nSPS) is 11.7. The van der Waals surface area contributed by atoms with E-state index in [4.69, 9.17) is 4.74 Å². The molecule has 0 aliphatic heterocycles. The molecule has 148 valence electrons. The molecule has 0 radical (unpaired) electrons. The highest BCUT2D eigenvalue weighted by atomic mass is 32.2. The molecule has 0 fully saturated rings. The molecule has 0 spiro atoms. The SMILES string of the molecule is CCN(CC)CCOc1ccc(CNS(=O)(=O)c2cc(C)ccc2C)cc1. The third kappa shape index (κ3) is 6.34. The van der Waals surface area contributed by atoms with Crippen LogP contribution in [0.15, 0.2) is 47.4 Å². The summed E-state index contributed by atoms with van der Waals surface area (Å²) >= 11 is 0. The maximum absolute atomic E-state index is 12.6. The first-order valence-corrected chi connectivity index (χ1v) is 10.8. The van der Waals surface area contributed by atoms with E-state index in [9.17, 15) is 8.42 Å². The molecule has 0 aliphatic rings. The molecule has 0 bridgehead atoms. The molecule has 0 saturated heterocycles. The largest absolute Gasteiger partial charge is 0.492 e. The lowest BCUT2D eigenvalue weighted by atomic mass is 10.2. The van der Waals surface area contributed by atoms with Crippen molar-refractivity contribution in [1.82, 2.24) is 9.62 Å². The van der Waals surface area contributed by atoms with Crippen molar-refractivity contribution < 1.29 is 13.2 Å². The number of ether oxygens (including phenoxy) is 1. The number of aryl methyl sites for hydroxylation is 2. The van der Waals surface area contributed by atoms with Gasteiger partial charge in [-0.1, -0.05) is 38.1 Å². The number of nitrogens with zero attached hydrogens (tertiary/aromatic N) is 1. The van der Waals surface area contributed by atoms with Gasteiger partial charge in [0.15, 0.2) is 0 Å². The number of likely N-dealkylation sites (N-methyl/N-ethyl adjacent to an activating group) is 1. The van der Waals surface area contributed by atoms with Gasteiger partial charge in [0.25, 0.3) is 0 Å². The lowest BCUT2D eigenvalue weighted by molar-refractivity contribution is 0.223. The molecule has 1 N–H and O–H groups in total. The summed E-state index contributed by atoms with van der Waals surface area (Å²) in [6, 6.07) is 13.0. The predicted molar refractivity (Wildman–Crippen MR) is 110 cm³/mol. The number of nitrogens with one attached hydrogen (secondary N) is 1. The van der Waals surface area contributed by atoms with Crippen LogP contribution in [-0.2, 0) is 16.6 Å². The Hall–Kier alpha value is -1.89. The van der Waals surface area contributed by atoms with Crippen LogP contribution in [0.3, 0.4) is 0 Å². The van der Waals surface area contributed by atoms with Gasteiger partial charge in [0.05, 0.1) is 4.90 Å². The van der Waals surface area contributed by atoms with E-state index >= 15 is 0 Å². The van der Waals surface area contributed by atoms with E-state index in [2.05, 4.69) is 23.5 Å². The fourth-order valence-corrected chi connectivity index (χ4v) is 4.13. The summed E-state index contributed by atoms with van der Waals surface area (Å²) in [5.41, 5.74) is 2.55. The molecule has 0 unspecified atom stereocenters. The Morgan fingerprint density at radius 3 is 2.30 bits per heavy atom. The summed E-state index contributed by atoms with van der Waals surface area (Å²) in [6.07, 6.45) is 0. The maximum Gasteiger partial charge on any atom is 0.241 e. The quantitative estimate of drug-likeness (QED) is 0.675. The van der Waals surface area contributed by atoms with Crippen LogP contribution >= 0.6 is 0 Å². The summed E-state index contributed by atoms with van der Waals surface area (Å²) in [5, 5.41) is 0. The minimum atomic E-state index is -3.54. The summed E-state index contributed by atoms with van der Waals surface area (Å²) in [5.74, 6) is 0.795. The van der Waals surface area contributed by atoms with Gasteiger partial charge < -0.3 is 9.64 Å². The smallest absolute Gasteiger partial charge is 0.241 e. The zero-order valence-corrected chi connectivity index (χ0v) is 17.5. The van der Waals surface area contributed by atoms with Crippen LogP contribution in [0.1, 0.15) is 30.5 Å². The van der Waals surface area contributed by atoms with E-state index in [0.717, 1.165) is 42.1 Å². The van der Waals surface area contributed by atoms with Crippen molar-refractivity contribution >= 4 is 10.0 Å². The number of hydrogen-bond donors (Lipinski definition) is 1.